The van der Waals surface area contributed by atoms with E-state index in [1.807, 2.05) is 18.2 Å². The van der Waals surface area contributed by atoms with Crippen LogP contribution in [0.3, 0.4) is 0 Å². The highest BCUT2D eigenvalue weighted by atomic mass is 35.5. The van der Waals surface area contributed by atoms with Gasteiger partial charge in [0.25, 0.3) is 5.91 Å². The van der Waals surface area contributed by atoms with Gasteiger partial charge in [-0.15, -0.1) is 0 Å². The Hall–Kier alpha value is -1.56. The minimum Gasteiger partial charge on any atom is -0.395 e. The number of H-pyrrole nitrogens is 1. The predicted molar refractivity (Wildman–Crippen MR) is 96.6 cm³/mol. The summed E-state index contributed by atoms with van der Waals surface area (Å²) in [5, 5.41) is 13.9. The number of nitrogens with one attached hydrogen (secondary N) is 2. The smallest absolute Gasteiger partial charge is 0.267 e. The molecule has 1 aromatic carbocycles. The van der Waals surface area contributed by atoms with Crippen molar-refractivity contribution in [3.63, 3.8) is 0 Å². The molecular weight excluding hydrogens is 326 g/mol. The molecule has 1 aromatic heterocycles. The number of likely N-dealkylation sites (tertiary alicyclic amines) is 1. The molecule has 1 fully saturated rings. The van der Waals surface area contributed by atoms with E-state index in [4.69, 9.17) is 11.6 Å². The Morgan fingerprint density at radius 2 is 2.25 bits per heavy atom. The molecule has 1 atom stereocenters. The van der Waals surface area contributed by atoms with Crippen LogP contribution >= 0.6 is 11.6 Å². The highest BCUT2D eigenvalue weighted by Crippen LogP contribution is 2.20. The van der Waals surface area contributed by atoms with Crippen molar-refractivity contribution in [2.75, 3.05) is 26.2 Å². The van der Waals surface area contributed by atoms with Crippen molar-refractivity contribution in [2.24, 2.45) is 0 Å². The molecule has 0 spiro atoms. The van der Waals surface area contributed by atoms with E-state index in [0.717, 1.165) is 43.3 Å². The summed E-state index contributed by atoms with van der Waals surface area (Å²) >= 11 is 5.97. The van der Waals surface area contributed by atoms with Crippen LogP contribution in [0.15, 0.2) is 24.3 Å². The topological polar surface area (TPSA) is 68.4 Å². The number of aromatic amines is 1. The van der Waals surface area contributed by atoms with Gasteiger partial charge in [0, 0.05) is 28.5 Å². The van der Waals surface area contributed by atoms with E-state index in [1.165, 1.54) is 6.42 Å². The summed E-state index contributed by atoms with van der Waals surface area (Å²) in [6.07, 6.45) is 4.23. The van der Waals surface area contributed by atoms with Gasteiger partial charge in [-0.2, -0.15) is 0 Å². The number of halogens is 1. The second kappa shape index (κ2) is 8.01. The van der Waals surface area contributed by atoms with Crippen LogP contribution in [0.5, 0.6) is 0 Å². The maximum Gasteiger partial charge on any atom is 0.267 e. The lowest BCUT2D eigenvalue weighted by atomic mass is 10.2. The quantitative estimate of drug-likeness (QED) is 0.673. The van der Waals surface area contributed by atoms with Gasteiger partial charge in [0.1, 0.15) is 5.69 Å². The summed E-state index contributed by atoms with van der Waals surface area (Å²) < 4.78 is 0. The molecule has 1 amide bonds. The van der Waals surface area contributed by atoms with Gasteiger partial charge in [0.15, 0.2) is 0 Å². The molecule has 5 nitrogen and oxygen atoms in total. The first-order chi connectivity index (χ1) is 11.7. The Kier molecular flexibility index (Phi) is 5.76. The van der Waals surface area contributed by atoms with E-state index in [2.05, 4.69) is 15.2 Å². The molecule has 3 rings (SSSR count). The number of benzene rings is 1. The molecule has 1 saturated heterocycles. The van der Waals surface area contributed by atoms with Crippen molar-refractivity contribution in [3.8, 4) is 0 Å². The third-order valence-corrected chi connectivity index (χ3v) is 4.93. The first-order valence-electron chi connectivity index (χ1n) is 8.59. The van der Waals surface area contributed by atoms with Crippen molar-refractivity contribution < 1.29 is 9.90 Å². The minimum absolute atomic E-state index is 0.0864. The van der Waals surface area contributed by atoms with Gasteiger partial charge < -0.3 is 15.4 Å². The zero-order valence-corrected chi connectivity index (χ0v) is 14.5. The van der Waals surface area contributed by atoms with Gasteiger partial charge in [0.05, 0.1) is 6.61 Å². The number of hydrogen-bond donors (Lipinski definition) is 3. The molecule has 6 heteroatoms. The highest BCUT2D eigenvalue weighted by Gasteiger charge is 2.22. The number of hydrogen-bond acceptors (Lipinski definition) is 3. The van der Waals surface area contributed by atoms with Gasteiger partial charge in [-0.1, -0.05) is 11.6 Å². The van der Waals surface area contributed by atoms with E-state index >= 15 is 0 Å². The molecule has 0 aliphatic carbocycles. The third-order valence-electron chi connectivity index (χ3n) is 4.69. The molecule has 3 N–H and O–H groups in total. The van der Waals surface area contributed by atoms with Gasteiger partial charge >= 0.3 is 0 Å². The van der Waals surface area contributed by atoms with E-state index in [1.54, 1.807) is 6.07 Å². The molecule has 0 bridgehead atoms. The summed E-state index contributed by atoms with van der Waals surface area (Å²) in [7, 11) is 0. The van der Waals surface area contributed by atoms with Crippen molar-refractivity contribution in [2.45, 2.75) is 31.7 Å². The Labute approximate surface area is 147 Å². The Morgan fingerprint density at radius 1 is 1.38 bits per heavy atom. The fourth-order valence-electron chi connectivity index (χ4n) is 3.36. The first-order valence-corrected chi connectivity index (χ1v) is 8.96. The Bertz CT molecular complexity index is 701. The van der Waals surface area contributed by atoms with Crippen molar-refractivity contribution in [3.05, 3.63) is 35.0 Å². The molecule has 130 valence electrons. The van der Waals surface area contributed by atoms with Gasteiger partial charge in [0.2, 0.25) is 0 Å². The maximum absolute atomic E-state index is 12.2. The normalized spacial score (nSPS) is 18.3. The predicted octanol–water partition coefficient (Wildman–Crippen LogP) is 2.79. The van der Waals surface area contributed by atoms with Crippen molar-refractivity contribution in [1.82, 2.24) is 15.2 Å². The zero-order chi connectivity index (χ0) is 16.9. The summed E-state index contributed by atoms with van der Waals surface area (Å²) in [6.45, 7) is 2.98. The van der Waals surface area contributed by atoms with Crippen LogP contribution in [0.2, 0.25) is 5.02 Å². The van der Waals surface area contributed by atoms with E-state index < -0.39 is 0 Å². The molecule has 1 aliphatic heterocycles. The van der Waals surface area contributed by atoms with Crippen LogP contribution in [0.1, 0.15) is 36.2 Å². The number of nitrogens with zero attached hydrogens (tertiary/aromatic N) is 1. The summed E-state index contributed by atoms with van der Waals surface area (Å²) in [5.41, 5.74) is 1.47. The van der Waals surface area contributed by atoms with E-state index in [0.29, 0.717) is 23.3 Å². The highest BCUT2D eigenvalue weighted by molar-refractivity contribution is 6.31. The molecule has 0 saturated carbocycles. The Balaban J connectivity index is 1.42. The number of rotatable bonds is 7. The van der Waals surface area contributed by atoms with E-state index in [9.17, 15) is 9.90 Å². The standard InChI is InChI=1S/C18H24ClN3O2/c19-14-5-6-16-13(10-14)11-17(21-16)18(24)20-7-1-2-8-22-9-3-4-15(22)12-23/h5-6,10-11,15,21,23H,1-4,7-9,12H2,(H,20,24). The SMILES string of the molecule is O=C(NCCCCN1CCCC1CO)c1cc2cc(Cl)ccc2[nH]1. The lowest BCUT2D eigenvalue weighted by Crippen LogP contribution is -2.33. The van der Waals surface area contributed by atoms with Crippen LogP contribution in [0, 0.1) is 0 Å². The van der Waals surface area contributed by atoms with Crippen molar-refractivity contribution in [1.29, 1.82) is 0 Å². The first kappa shape index (κ1) is 17.3. The minimum atomic E-state index is -0.0864. The summed E-state index contributed by atoms with van der Waals surface area (Å²) in [5.74, 6) is -0.0864. The van der Waals surface area contributed by atoms with Crippen LogP contribution < -0.4 is 5.32 Å². The molecule has 1 aliphatic rings. The number of aromatic nitrogens is 1. The zero-order valence-electron chi connectivity index (χ0n) is 13.7. The average molecular weight is 350 g/mol. The number of amides is 1. The number of aliphatic hydroxyl groups is 1. The monoisotopic (exact) mass is 349 g/mol. The molecular formula is C18H24ClN3O2. The number of fused-ring (bicyclic) bond motifs is 1. The maximum atomic E-state index is 12.2. The number of aliphatic hydroxyl groups excluding tert-OH is 1. The number of unbranched alkanes of at least 4 members (excludes halogenated alkanes) is 1. The second-order valence-electron chi connectivity index (χ2n) is 6.39. The fourth-order valence-corrected chi connectivity index (χ4v) is 3.54. The number of carbonyl (C=O) groups excluding carboxylic acids is 1. The van der Waals surface area contributed by atoms with Crippen LogP contribution in [0.4, 0.5) is 0 Å². The largest absolute Gasteiger partial charge is 0.395 e. The lowest BCUT2D eigenvalue weighted by molar-refractivity contribution is 0.0948. The summed E-state index contributed by atoms with van der Waals surface area (Å²) in [6, 6.07) is 7.68. The average Bonchev–Trinajstić information content (AvgIpc) is 3.20. The van der Waals surface area contributed by atoms with E-state index in [-0.39, 0.29) is 12.5 Å². The number of carbonyl (C=O) groups is 1. The molecule has 0 radical (unpaired) electrons. The Morgan fingerprint density at radius 3 is 3.08 bits per heavy atom. The lowest BCUT2D eigenvalue weighted by Gasteiger charge is -2.22. The van der Waals surface area contributed by atoms with Gasteiger partial charge in [-0.05, 0) is 63.0 Å². The molecule has 24 heavy (non-hydrogen) atoms. The van der Waals surface area contributed by atoms with Crippen LogP contribution in [-0.4, -0.2) is 53.2 Å². The molecule has 2 heterocycles. The third kappa shape index (κ3) is 4.09. The molecule has 2 aromatic rings. The second-order valence-corrected chi connectivity index (χ2v) is 6.83. The van der Waals surface area contributed by atoms with Crippen LogP contribution in [-0.2, 0) is 0 Å². The van der Waals surface area contributed by atoms with Gasteiger partial charge in [-0.3, -0.25) is 9.69 Å². The summed E-state index contributed by atoms with van der Waals surface area (Å²) in [4.78, 5) is 17.7. The molecule has 1 unspecified atom stereocenters. The fraction of sp³-hybridized carbons (Fsp3) is 0.500. The van der Waals surface area contributed by atoms with Crippen molar-refractivity contribution >= 4 is 28.4 Å². The van der Waals surface area contributed by atoms with Crippen LogP contribution in [0.25, 0.3) is 10.9 Å². The van der Waals surface area contributed by atoms with Gasteiger partial charge in [-0.25, -0.2) is 0 Å².